The number of carbonyl (C=O) groups excluding carboxylic acids is 1. The summed E-state index contributed by atoms with van der Waals surface area (Å²) in [6, 6.07) is 5.78. The van der Waals surface area contributed by atoms with Crippen LogP contribution in [-0.4, -0.2) is 54.6 Å². The number of carbonyl (C=O) groups is 1. The first-order chi connectivity index (χ1) is 15.0. The minimum atomic E-state index is -0.708. The van der Waals surface area contributed by atoms with Gasteiger partial charge in [-0.15, -0.1) is 0 Å². The van der Waals surface area contributed by atoms with Gasteiger partial charge in [0.15, 0.2) is 17.5 Å². The third-order valence-corrected chi connectivity index (χ3v) is 6.25. The molecule has 0 bridgehead atoms. The monoisotopic (exact) mass is 424 g/mol. The molecule has 1 aromatic heterocycles. The third kappa shape index (κ3) is 3.57. The molecule has 0 radical (unpaired) electrons. The highest BCUT2D eigenvalue weighted by Crippen LogP contribution is 2.35. The summed E-state index contributed by atoms with van der Waals surface area (Å²) in [5.74, 6) is -0.550. The number of fused-ring (bicyclic) bond motifs is 3. The van der Waals surface area contributed by atoms with E-state index in [0.717, 1.165) is 48.6 Å². The zero-order chi connectivity index (χ0) is 21.5. The molecule has 1 amide bonds. The maximum absolute atomic E-state index is 14.3. The van der Waals surface area contributed by atoms with Gasteiger partial charge in [-0.2, -0.15) is 5.26 Å². The zero-order valence-corrected chi connectivity index (χ0v) is 16.9. The summed E-state index contributed by atoms with van der Waals surface area (Å²) >= 11 is 0. The highest BCUT2D eigenvalue weighted by atomic mass is 19.1. The highest BCUT2D eigenvalue weighted by Gasteiger charge is 2.37. The normalized spacial score (nSPS) is 20.8. The molecule has 2 aromatic rings. The van der Waals surface area contributed by atoms with E-state index in [-0.39, 0.29) is 23.2 Å². The molecule has 1 atom stereocenters. The highest BCUT2D eigenvalue weighted by molar-refractivity contribution is 6.03. The van der Waals surface area contributed by atoms with Crippen LogP contribution in [0.3, 0.4) is 0 Å². The Hall–Kier alpha value is -3.25. The number of halogens is 2. The van der Waals surface area contributed by atoms with Crippen molar-refractivity contribution in [2.75, 3.05) is 47.8 Å². The van der Waals surface area contributed by atoms with Crippen LogP contribution in [0.25, 0.3) is 0 Å². The number of piperazine rings is 1. The Kier molecular flexibility index (Phi) is 4.94. The van der Waals surface area contributed by atoms with Gasteiger partial charge in [-0.25, -0.2) is 13.8 Å². The summed E-state index contributed by atoms with van der Waals surface area (Å²) in [7, 11) is 0. The van der Waals surface area contributed by atoms with Crippen LogP contribution in [0.2, 0.25) is 0 Å². The molecule has 2 saturated heterocycles. The minimum absolute atomic E-state index is 0.0235. The molecule has 1 aromatic carbocycles. The smallest absolute Gasteiger partial charge is 0.247 e. The summed E-state index contributed by atoms with van der Waals surface area (Å²) in [4.78, 5) is 22.9. The van der Waals surface area contributed by atoms with Gasteiger partial charge in [-0.05, 0) is 36.6 Å². The molecular formula is C22H22F2N6O. The van der Waals surface area contributed by atoms with Gasteiger partial charge in [0.1, 0.15) is 11.7 Å². The molecule has 31 heavy (non-hydrogen) atoms. The predicted molar refractivity (Wildman–Crippen MR) is 112 cm³/mol. The Labute approximate surface area is 178 Å². The fraction of sp³-hybridized carbons (Fsp3) is 0.409. The maximum atomic E-state index is 14.3. The molecule has 3 aliphatic heterocycles. The minimum Gasteiger partial charge on any atom is -0.364 e. The van der Waals surface area contributed by atoms with Gasteiger partial charge < -0.3 is 15.1 Å². The largest absolute Gasteiger partial charge is 0.364 e. The Morgan fingerprint density at radius 3 is 2.58 bits per heavy atom. The summed E-state index contributed by atoms with van der Waals surface area (Å²) in [5.41, 5.74) is 1.64. The van der Waals surface area contributed by atoms with Crippen molar-refractivity contribution in [3.63, 3.8) is 0 Å². The Morgan fingerprint density at radius 2 is 1.87 bits per heavy atom. The number of hydrogen-bond acceptors (Lipinski definition) is 6. The molecular weight excluding hydrogens is 402 g/mol. The van der Waals surface area contributed by atoms with E-state index in [4.69, 9.17) is 5.26 Å². The van der Waals surface area contributed by atoms with E-state index < -0.39 is 11.6 Å². The van der Waals surface area contributed by atoms with Crippen LogP contribution in [0.1, 0.15) is 24.0 Å². The number of benzene rings is 1. The molecule has 7 nitrogen and oxygen atoms in total. The molecule has 3 aliphatic rings. The van der Waals surface area contributed by atoms with Crippen molar-refractivity contribution < 1.29 is 13.6 Å². The van der Waals surface area contributed by atoms with Crippen molar-refractivity contribution in [1.29, 1.82) is 5.26 Å². The van der Waals surface area contributed by atoms with E-state index in [9.17, 15) is 13.6 Å². The fourth-order valence-electron chi connectivity index (χ4n) is 4.74. The second kappa shape index (κ2) is 7.78. The van der Waals surface area contributed by atoms with Crippen molar-refractivity contribution in [2.24, 2.45) is 0 Å². The number of aromatic nitrogens is 1. The van der Waals surface area contributed by atoms with Crippen molar-refractivity contribution in [3.05, 3.63) is 47.2 Å². The number of hydrogen-bond donors (Lipinski definition) is 1. The molecule has 1 N–H and O–H groups in total. The summed E-state index contributed by atoms with van der Waals surface area (Å²) in [5, 5.41) is 11.8. The van der Waals surface area contributed by atoms with Gasteiger partial charge in [0.05, 0.1) is 17.3 Å². The van der Waals surface area contributed by atoms with E-state index >= 15 is 0 Å². The van der Waals surface area contributed by atoms with Gasteiger partial charge in [-0.1, -0.05) is 0 Å². The van der Waals surface area contributed by atoms with Crippen LogP contribution in [0, 0.1) is 23.0 Å². The molecule has 2 fully saturated rings. The first-order valence-electron chi connectivity index (χ1n) is 10.5. The van der Waals surface area contributed by atoms with Crippen LogP contribution in [0.5, 0.6) is 0 Å². The SMILES string of the molecule is N#Cc1cc(F)c(N2CCN(Cc3cnc4c(c3)NC(=O)C3CCCN43)CC2)c(F)c1. The number of rotatable bonds is 3. The first-order valence-corrected chi connectivity index (χ1v) is 10.5. The van der Waals surface area contributed by atoms with Crippen LogP contribution >= 0.6 is 0 Å². The van der Waals surface area contributed by atoms with Crippen molar-refractivity contribution >= 4 is 23.1 Å². The number of amides is 1. The lowest BCUT2D eigenvalue weighted by Crippen LogP contribution is -2.46. The lowest BCUT2D eigenvalue weighted by Gasteiger charge is -2.36. The van der Waals surface area contributed by atoms with Crippen LogP contribution < -0.4 is 15.1 Å². The van der Waals surface area contributed by atoms with Crippen molar-refractivity contribution in [3.8, 4) is 6.07 Å². The second-order valence-corrected chi connectivity index (χ2v) is 8.22. The molecule has 0 spiro atoms. The third-order valence-electron chi connectivity index (χ3n) is 6.25. The van der Waals surface area contributed by atoms with E-state index in [1.807, 2.05) is 12.3 Å². The lowest BCUT2D eigenvalue weighted by molar-refractivity contribution is -0.117. The van der Waals surface area contributed by atoms with Gasteiger partial charge in [0, 0.05) is 45.5 Å². The predicted octanol–water partition coefficient (Wildman–Crippen LogP) is 2.47. The Balaban J connectivity index is 1.25. The number of anilines is 3. The summed E-state index contributed by atoms with van der Waals surface area (Å²) in [6.07, 6.45) is 3.70. The van der Waals surface area contributed by atoms with Crippen molar-refractivity contribution in [1.82, 2.24) is 9.88 Å². The van der Waals surface area contributed by atoms with Gasteiger partial charge in [0.2, 0.25) is 5.91 Å². The van der Waals surface area contributed by atoms with Crippen LogP contribution in [0.4, 0.5) is 26.0 Å². The maximum Gasteiger partial charge on any atom is 0.247 e. The number of nitrogens with one attached hydrogen (secondary N) is 1. The topological polar surface area (TPSA) is 75.5 Å². The Bertz CT molecular complexity index is 1050. The molecule has 160 valence electrons. The standard InChI is InChI=1S/C22H22F2N6O/c23-16-8-14(11-25)9-17(24)20(16)29-6-4-28(5-7-29)13-15-10-18-21(26-12-15)30-3-1-2-19(30)22(31)27-18/h8-10,12,19H,1-7,13H2,(H,27,31). The van der Waals surface area contributed by atoms with Crippen molar-refractivity contribution in [2.45, 2.75) is 25.4 Å². The summed E-state index contributed by atoms with van der Waals surface area (Å²) in [6.45, 7) is 3.72. The zero-order valence-electron chi connectivity index (χ0n) is 16.9. The van der Waals surface area contributed by atoms with Gasteiger partial charge in [-0.3, -0.25) is 9.69 Å². The number of nitriles is 1. The molecule has 4 heterocycles. The quantitative estimate of drug-likeness (QED) is 0.816. The molecule has 1 unspecified atom stereocenters. The average Bonchev–Trinajstić information content (AvgIpc) is 3.25. The Morgan fingerprint density at radius 1 is 1.13 bits per heavy atom. The van der Waals surface area contributed by atoms with Gasteiger partial charge in [0.25, 0.3) is 0 Å². The average molecular weight is 424 g/mol. The molecule has 0 aliphatic carbocycles. The van der Waals surface area contributed by atoms with E-state index in [1.54, 1.807) is 11.0 Å². The van der Waals surface area contributed by atoms with Crippen LogP contribution in [-0.2, 0) is 11.3 Å². The number of pyridine rings is 1. The first kappa shape index (κ1) is 19.7. The molecule has 5 rings (SSSR count). The van der Waals surface area contributed by atoms with E-state index in [0.29, 0.717) is 32.7 Å². The molecule has 0 saturated carbocycles. The summed E-state index contributed by atoms with van der Waals surface area (Å²) < 4.78 is 28.6. The fourth-order valence-corrected chi connectivity index (χ4v) is 4.74. The molecule has 9 heteroatoms. The van der Waals surface area contributed by atoms with Gasteiger partial charge >= 0.3 is 0 Å². The lowest BCUT2D eigenvalue weighted by atomic mass is 10.1. The second-order valence-electron chi connectivity index (χ2n) is 8.22. The van der Waals surface area contributed by atoms with E-state index in [2.05, 4.69) is 20.1 Å². The van der Waals surface area contributed by atoms with Crippen LogP contribution in [0.15, 0.2) is 24.4 Å². The van der Waals surface area contributed by atoms with E-state index in [1.165, 1.54) is 0 Å². The number of nitrogens with zero attached hydrogens (tertiary/aromatic N) is 5.